The maximum atomic E-state index is 4.60. The van der Waals surface area contributed by atoms with E-state index >= 15 is 0 Å². The minimum absolute atomic E-state index is 0.979. The van der Waals surface area contributed by atoms with Gasteiger partial charge >= 0.3 is 0 Å². The summed E-state index contributed by atoms with van der Waals surface area (Å²) in [6.07, 6.45) is 5.59. The highest BCUT2D eigenvalue weighted by Gasteiger charge is 2.25. The third kappa shape index (κ3) is 2.63. The van der Waals surface area contributed by atoms with E-state index in [1.165, 1.54) is 33.0 Å². The van der Waals surface area contributed by atoms with Crippen LogP contribution in [0.5, 0.6) is 0 Å². The lowest BCUT2D eigenvalue weighted by Gasteiger charge is -2.28. The molecule has 0 saturated heterocycles. The van der Waals surface area contributed by atoms with E-state index in [9.17, 15) is 0 Å². The first kappa shape index (κ1) is 18.1. The molecule has 33 heavy (non-hydrogen) atoms. The number of anilines is 3. The van der Waals surface area contributed by atoms with E-state index in [-0.39, 0.29) is 0 Å². The lowest BCUT2D eigenvalue weighted by molar-refractivity contribution is 1.25. The summed E-state index contributed by atoms with van der Waals surface area (Å²) in [5, 5.41) is 3.66. The number of aromatic nitrogens is 2. The van der Waals surface area contributed by atoms with Crippen LogP contribution in [-0.2, 0) is 0 Å². The van der Waals surface area contributed by atoms with Crippen molar-refractivity contribution in [2.24, 2.45) is 0 Å². The molecule has 0 atom stereocenters. The van der Waals surface area contributed by atoms with Crippen LogP contribution in [0.1, 0.15) is 0 Å². The molecule has 0 bridgehead atoms. The summed E-state index contributed by atoms with van der Waals surface area (Å²) in [5.41, 5.74) is 9.50. The highest BCUT2D eigenvalue weighted by Crippen LogP contribution is 2.51. The molecule has 1 aliphatic carbocycles. The van der Waals surface area contributed by atoms with Gasteiger partial charge in [-0.2, -0.15) is 0 Å². The molecule has 2 aromatic heterocycles. The summed E-state index contributed by atoms with van der Waals surface area (Å²) in [5.74, 6) is 0. The summed E-state index contributed by atoms with van der Waals surface area (Å²) in [7, 11) is 0. The van der Waals surface area contributed by atoms with Crippen LogP contribution in [0.25, 0.3) is 43.9 Å². The Labute approximate surface area is 191 Å². The predicted octanol–water partition coefficient (Wildman–Crippen LogP) is 7.90. The standard InChI is InChI=1S/C30H19N3/c1-2-7-22-21(6-1)23-9-5-10-26-28(13-12-24(22)30(23)26)33(20-14-17-31-18-15-20)29-16-19-32-27-11-4-3-8-25(27)29/h1-19H. The molecule has 1 aliphatic rings. The Balaban J connectivity index is 1.57. The fourth-order valence-electron chi connectivity index (χ4n) is 5.16. The number of hydrogen-bond donors (Lipinski definition) is 0. The summed E-state index contributed by atoms with van der Waals surface area (Å²) in [6.45, 7) is 0. The van der Waals surface area contributed by atoms with E-state index < -0.39 is 0 Å². The first-order chi connectivity index (χ1) is 16.4. The Morgan fingerprint density at radius 1 is 0.485 bits per heavy atom. The van der Waals surface area contributed by atoms with Crippen molar-refractivity contribution in [3.63, 3.8) is 0 Å². The van der Waals surface area contributed by atoms with Gasteiger partial charge in [-0.25, -0.2) is 0 Å². The molecule has 0 N–H and O–H groups in total. The van der Waals surface area contributed by atoms with Gasteiger partial charge in [0, 0.05) is 35.1 Å². The van der Waals surface area contributed by atoms with Crippen LogP contribution < -0.4 is 4.90 Å². The van der Waals surface area contributed by atoms with Crippen molar-refractivity contribution in [1.82, 2.24) is 9.97 Å². The summed E-state index contributed by atoms with van der Waals surface area (Å²) in [4.78, 5) is 11.2. The number of benzene rings is 4. The van der Waals surface area contributed by atoms with E-state index in [2.05, 4.69) is 106 Å². The monoisotopic (exact) mass is 421 g/mol. The zero-order chi connectivity index (χ0) is 21.8. The molecular weight excluding hydrogens is 402 g/mol. The number of fused-ring (bicyclic) bond motifs is 4. The van der Waals surface area contributed by atoms with Crippen molar-refractivity contribution >= 4 is 38.7 Å². The zero-order valence-corrected chi connectivity index (χ0v) is 17.8. The lowest BCUT2D eigenvalue weighted by atomic mass is 10.00. The van der Waals surface area contributed by atoms with Gasteiger partial charge in [0.2, 0.25) is 0 Å². The third-order valence-corrected chi connectivity index (χ3v) is 6.55. The molecule has 3 nitrogen and oxygen atoms in total. The maximum Gasteiger partial charge on any atom is 0.0723 e. The van der Waals surface area contributed by atoms with Gasteiger partial charge in [0.1, 0.15) is 0 Å². The normalized spacial score (nSPS) is 11.6. The largest absolute Gasteiger partial charge is 0.309 e. The Morgan fingerprint density at radius 2 is 1.15 bits per heavy atom. The first-order valence-corrected chi connectivity index (χ1v) is 11.1. The molecule has 0 fully saturated rings. The Hall–Kier alpha value is -4.50. The van der Waals surface area contributed by atoms with Crippen molar-refractivity contribution in [3.05, 3.63) is 116 Å². The van der Waals surface area contributed by atoms with Crippen molar-refractivity contribution < 1.29 is 0 Å². The molecule has 0 spiro atoms. The molecule has 7 rings (SSSR count). The predicted molar refractivity (Wildman–Crippen MR) is 136 cm³/mol. The van der Waals surface area contributed by atoms with Gasteiger partial charge in [0.25, 0.3) is 0 Å². The van der Waals surface area contributed by atoms with E-state index in [0.717, 1.165) is 28.0 Å². The minimum Gasteiger partial charge on any atom is -0.309 e. The van der Waals surface area contributed by atoms with E-state index in [1.807, 2.05) is 24.7 Å². The van der Waals surface area contributed by atoms with Crippen molar-refractivity contribution in [3.8, 4) is 22.3 Å². The second-order valence-electron chi connectivity index (χ2n) is 8.29. The van der Waals surface area contributed by atoms with Crippen LogP contribution >= 0.6 is 0 Å². The molecular formula is C30H19N3. The van der Waals surface area contributed by atoms with E-state index in [0.29, 0.717) is 0 Å². The van der Waals surface area contributed by atoms with Gasteiger partial charge in [-0.15, -0.1) is 0 Å². The summed E-state index contributed by atoms with van der Waals surface area (Å²) in [6, 6.07) is 34.4. The molecule has 154 valence electrons. The van der Waals surface area contributed by atoms with E-state index in [4.69, 9.17) is 0 Å². The molecule has 3 heteroatoms. The van der Waals surface area contributed by atoms with Crippen LogP contribution in [0.2, 0.25) is 0 Å². The molecule has 0 amide bonds. The summed E-state index contributed by atoms with van der Waals surface area (Å²) < 4.78 is 0. The third-order valence-electron chi connectivity index (χ3n) is 6.55. The molecule has 0 unspecified atom stereocenters. The van der Waals surface area contributed by atoms with Gasteiger partial charge in [-0.05, 0) is 58.0 Å². The minimum atomic E-state index is 0.979. The smallest absolute Gasteiger partial charge is 0.0723 e. The molecule has 0 aliphatic heterocycles. The fourth-order valence-corrected chi connectivity index (χ4v) is 5.16. The second kappa shape index (κ2) is 7.01. The quantitative estimate of drug-likeness (QED) is 0.290. The second-order valence-corrected chi connectivity index (χ2v) is 8.29. The Kier molecular flexibility index (Phi) is 3.84. The maximum absolute atomic E-state index is 4.60. The topological polar surface area (TPSA) is 29.0 Å². The average molecular weight is 422 g/mol. The van der Waals surface area contributed by atoms with Crippen molar-refractivity contribution in [2.75, 3.05) is 4.90 Å². The number of rotatable bonds is 3. The number of nitrogens with zero attached hydrogens (tertiary/aromatic N) is 3. The molecule has 2 heterocycles. The van der Waals surface area contributed by atoms with Crippen LogP contribution in [0, 0.1) is 0 Å². The van der Waals surface area contributed by atoms with Crippen LogP contribution in [0.4, 0.5) is 17.1 Å². The van der Waals surface area contributed by atoms with E-state index in [1.54, 1.807) is 0 Å². The van der Waals surface area contributed by atoms with Crippen LogP contribution in [-0.4, -0.2) is 9.97 Å². The highest BCUT2D eigenvalue weighted by molar-refractivity contribution is 6.19. The van der Waals surface area contributed by atoms with Gasteiger partial charge in [0.05, 0.1) is 16.9 Å². The molecule has 0 saturated carbocycles. The van der Waals surface area contributed by atoms with Gasteiger partial charge in [0.15, 0.2) is 0 Å². The molecule has 6 aromatic rings. The zero-order valence-electron chi connectivity index (χ0n) is 17.8. The van der Waals surface area contributed by atoms with Crippen molar-refractivity contribution in [2.45, 2.75) is 0 Å². The van der Waals surface area contributed by atoms with Gasteiger partial charge < -0.3 is 4.90 Å². The average Bonchev–Trinajstić information content (AvgIpc) is 3.22. The van der Waals surface area contributed by atoms with Gasteiger partial charge in [-0.3, -0.25) is 9.97 Å². The van der Waals surface area contributed by atoms with Crippen LogP contribution in [0.15, 0.2) is 116 Å². The first-order valence-electron chi connectivity index (χ1n) is 11.1. The molecule has 4 aromatic carbocycles. The fraction of sp³-hybridized carbons (Fsp3) is 0. The Bertz CT molecular complexity index is 1640. The highest BCUT2D eigenvalue weighted by atomic mass is 15.1. The SMILES string of the molecule is c1ccc2c(c1)-c1cccc3c(N(c4ccncc4)c4ccnc5ccccc45)ccc-2c13. The van der Waals surface area contributed by atoms with Crippen LogP contribution in [0.3, 0.4) is 0 Å². The van der Waals surface area contributed by atoms with Gasteiger partial charge in [-0.1, -0.05) is 66.7 Å². The number of pyridine rings is 2. The number of para-hydroxylation sites is 1. The lowest BCUT2D eigenvalue weighted by Crippen LogP contribution is -2.11. The van der Waals surface area contributed by atoms with Crippen molar-refractivity contribution in [1.29, 1.82) is 0 Å². The molecule has 0 radical (unpaired) electrons. The Morgan fingerprint density at radius 3 is 2.00 bits per heavy atom. The summed E-state index contributed by atoms with van der Waals surface area (Å²) >= 11 is 0. The number of hydrogen-bond acceptors (Lipinski definition) is 3.